The maximum absolute atomic E-state index is 12.7. The minimum absolute atomic E-state index is 0.216. The van der Waals surface area contributed by atoms with Crippen molar-refractivity contribution in [3.63, 3.8) is 0 Å². The summed E-state index contributed by atoms with van der Waals surface area (Å²) in [7, 11) is 0. The van der Waals surface area contributed by atoms with Crippen molar-refractivity contribution >= 4 is 39.8 Å². The Morgan fingerprint density at radius 3 is 2.76 bits per heavy atom. The Morgan fingerprint density at radius 1 is 1.32 bits per heavy atom. The second-order valence-electron chi connectivity index (χ2n) is 5.64. The van der Waals surface area contributed by atoms with E-state index >= 15 is 0 Å². The number of rotatable bonds is 3. The Bertz CT molecular complexity index is 750. The van der Waals surface area contributed by atoms with E-state index in [2.05, 4.69) is 15.3 Å². The highest BCUT2D eigenvalue weighted by Gasteiger charge is 2.35. The highest BCUT2D eigenvalue weighted by atomic mass is 35.5. The van der Waals surface area contributed by atoms with Crippen LogP contribution in [0.5, 0.6) is 0 Å². The fourth-order valence-electron chi connectivity index (χ4n) is 2.59. The molecular formula is C15H14ClF3N4OS. The van der Waals surface area contributed by atoms with E-state index in [4.69, 9.17) is 11.6 Å². The van der Waals surface area contributed by atoms with E-state index < -0.39 is 11.1 Å². The summed E-state index contributed by atoms with van der Waals surface area (Å²) in [4.78, 5) is 21.2. The molecule has 134 valence electrons. The normalized spacial score (nSPS) is 18.2. The van der Waals surface area contributed by atoms with E-state index in [9.17, 15) is 18.0 Å². The smallest absolute Gasteiger partial charge is 0.347 e. The number of alkyl halides is 3. The summed E-state index contributed by atoms with van der Waals surface area (Å²) in [5.41, 5.74) is 0. The number of amides is 1. The molecular weight excluding hydrogens is 377 g/mol. The third-order valence-electron chi connectivity index (χ3n) is 3.81. The van der Waals surface area contributed by atoms with Crippen LogP contribution in [0.2, 0.25) is 5.02 Å². The summed E-state index contributed by atoms with van der Waals surface area (Å²) in [6.07, 6.45) is -0.775. The molecule has 1 N–H and O–H groups in total. The highest BCUT2D eigenvalue weighted by molar-refractivity contribution is 7.15. The molecule has 1 saturated heterocycles. The molecule has 25 heavy (non-hydrogen) atoms. The Hall–Kier alpha value is -1.87. The third-order valence-corrected chi connectivity index (χ3v) is 5.14. The van der Waals surface area contributed by atoms with Gasteiger partial charge in [-0.2, -0.15) is 13.2 Å². The second-order valence-corrected chi connectivity index (χ2v) is 7.09. The Kier molecular flexibility index (Phi) is 5.14. The highest BCUT2D eigenvalue weighted by Crippen LogP contribution is 2.37. The van der Waals surface area contributed by atoms with Crippen LogP contribution in [-0.2, 0) is 11.0 Å². The number of aromatic nitrogens is 2. The van der Waals surface area contributed by atoms with Crippen LogP contribution in [0.1, 0.15) is 17.7 Å². The molecule has 5 nitrogen and oxygen atoms in total. The van der Waals surface area contributed by atoms with Crippen LogP contribution in [-0.4, -0.2) is 29.0 Å². The average molecular weight is 391 g/mol. The number of hydrogen-bond acceptors (Lipinski definition) is 5. The Labute approximate surface area is 150 Å². The van der Waals surface area contributed by atoms with Gasteiger partial charge in [-0.1, -0.05) is 22.9 Å². The number of piperidine rings is 1. The van der Waals surface area contributed by atoms with E-state index in [1.54, 1.807) is 17.0 Å². The summed E-state index contributed by atoms with van der Waals surface area (Å²) < 4.78 is 38.1. The molecule has 0 aliphatic carbocycles. The van der Waals surface area contributed by atoms with Gasteiger partial charge in [0, 0.05) is 19.3 Å². The van der Waals surface area contributed by atoms with E-state index in [1.807, 2.05) is 0 Å². The number of carbonyl (C=O) groups is 1. The van der Waals surface area contributed by atoms with Crippen LogP contribution in [0.25, 0.3) is 0 Å². The van der Waals surface area contributed by atoms with Crippen molar-refractivity contribution < 1.29 is 18.0 Å². The first kappa shape index (κ1) is 17.9. The lowest BCUT2D eigenvalue weighted by Gasteiger charge is -2.31. The summed E-state index contributed by atoms with van der Waals surface area (Å²) in [6.45, 7) is 0.901. The van der Waals surface area contributed by atoms with Crippen LogP contribution in [0.15, 0.2) is 24.5 Å². The average Bonchev–Trinajstić information content (AvgIpc) is 3.07. The molecule has 2 aromatic rings. The molecule has 3 heterocycles. The van der Waals surface area contributed by atoms with Gasteiger partial charge in [0.1, 0.15) is 10.7 Å². The van der Waals surface area contributed by atoms with Gasteiger partial charge in [0.05, 0.1) is 17.1 Å². The van der Waals surface area contributed by atoms with Crippen molar-refractivity contribution in [3.8, 4) is 0 Å². The summed E-state index contributed by atoms with van der Waals surface area (Å²) in [5, 5.41) is 3.46. The number of pyridine rings is 1. The van der Waals surface area contributed by atoms with Gasteiger partial charge in [-0.15, -0.1) is 0 Å². The molecule has 1 fully saturated rings. The molecule has 0 spiro atoms. The first-order valence-corrected chi connectivity index (χ1v) is 8.73. The van der Waals surface area contributed by atoms with Gasteiger partial charge < -0.3 is 10.2 Å². The summed E-state index contributed by atoms with van der Waals surface area (Å²) >= 11 is 6.35. The monoisotopic (exact) mass is 390 g/mol. The van der Waals surface area contributed by atoms with Crippen molar-refractivity contribution in [3.05, 3.63) is 34.4 Å². The lowest BCUT2D eigenvalue weighted by Crippen LogP contribution is -2.40. The lowest BCUT2D eigenvalue weighted by atomic mass is 9.97. The predicted octanol–water partition coefficient (Wildman–Crippen LogP) is 4.07. The number of anilines is 2. The van der Waals surface area contributed by atoms with E-state index in [0.29, 0.717) is 48.1 Å². The first-order chi connectivity index (χ1) is 11.8. The van der Waals surface area contributed by atoms with Crippen molar-refractivity contribution in [2.24, 2.45) is 5.92 Å². The predicted molar refractivity (Wildman–Crippen MR) is 89.9 cm³/mol. The zero-order valence-electron chi connectivity index (χ0n) is 12.9. The second kappa shape index (κ2) is 7.17. The quantitative estimate of drug-likeness (QED) is 0.858. The van der Waals surface area contributed by atoms with Crippen molar-refractivity contribution in [1.29, 1.82) is 0 Å². The molecule has 0 aromatic carbocycles. The summed E-state index contributed by atoms with van der Waals surface area (Å²) in [6, 6.07) is 3.21. The lowest BCUT2D eigenvalue weighted by molar-refractivity contribution is -0.134. The molecule has 10 heteroatoms. The van der Waals surface area contributed by atoms with Gasteiger partial charge in [-0.05, 0) is 25.0 Å². The SMILES string of the molecule is O=C(Nc1ccc(Cl)cn1)C1CCCN(c2ncc(C(F)(F)F)s2)C1. The number of thiazole rings is 1. The molecule has 1 aliphatic rings. The van der Waals surface area contributed by atoms with Crippen molar-refractivity contribution in [2.75, 3.05) is 23.3 Å². The van der Waals surface area contributed by atoms with Crippen LogP contribution >= 0.6 is 22.9 Å². The number of halogens is 4. The number of hydrogen-bond donors (Lipinski definition) is 1. The topological polar surface area (TPSA) is 58.1 Å². The first-order valence-electron chi connectivity index (χ1n) is 7.53. The van der Waals surface area contributed by atoms with Gasteiger partial charge in [0.25, 0.3) is 0 Å². The molecule has 1 amide bonds. The largest absolute Gasteiger partial charge is 0.427 e. The molecule has 1 atom stereocenters. The number of carbonyl (C=O) groups excluding carboxylic acids is 1. The van der Waals surface area contributed by atoms with Crippen LogP contribution in [0.4, 0.5) is 24.1 Å². The number of nitrogens with zero attached hydrogens (tertiary/aromatic N) is 3. The Balaban J connectivity index is 1.65. The van der Waals surface area contributed by atoms with Gasteiger partial charge in [-0.3, -0.25) is 4.79 Å². The standard InChI is InChI=1S/C15H14ClF3N4OS/c16-10-3-4-12(20-6-10)22-13(24)9-2-1-5-23(8-9)14-21-7-11(25-14)15(17,18)19/h3-4,6-7,9H,1-2,5,8H2,(H,20,22,24). The third kappa shape index (κ3) is 4.40. The fraction of sp³-hybridized carbons (Fsp3) is 0.400. The van der Waals surface area contributed by atoms with Crippen molar-refractivity contribution in [2.45, 2.75) is 19.0 Å². The minimum atomic E-state index is -4.40. The number of nitrogens with one attached hydrogen (secondary N) is 1. The minimum Gasteiger partial charge on any atom is -0.347 e. The van der Waals surface area contributed by atoms with Gasteiger partial charge in [-0.25, -0.2) is 9.97 Å². The van der Waals surface area contributed by atoms with Gasteiger partial charge >= 0.3 is 6.18 Å². The van der Waals surface area contributed by atoms with Gasteiger partial charge in [0.2, 0.25) is 5.91 Å². The molecule has 2 aromatic heterocycles. The van der Waals surface area contributed by atoms with Crippen LogP contribution < -0.4 is 10.2 Å². The molecule has 0 bridgehead atoms. The van der Waals surface area contributed by atoms with Crippen LogP contribution in [0, 0.1) is 5.92 Å². The van der Waals surface area contributed by atoms with E-state index in [0.717, 1.165) is 6.20 Å². The summed E-state index contributed by atoms with van der Waals surface area (Å²) in [5.74, 6) is -0.170. The van der Waals surface area contributed by atoms with E-state index in [1.165, 1.54) is 6.20 Å². The molecule has 0 radical (unpaired) electrons. The zero-order valence-corrected chi connectivity index (χ0v) is 14.5. The molecule has 3 rings (SSSR count). The Morgan fingerprint density at radius 2 is 2.12 bits per heavy atom. The van der Waals surface area contributed by atoms with E-state index in [-0.39, 0.29) is 17.0 Å². The maximum Gasteiger partial charge on any atom is 0.427 e. The van der Waals surface area contributed by atoms with Gasteiger partial charge in [0.15, 0.2) is 5.13 Å². The van der Waals surface area contributed by atoms with Crippen LogP contribution in [0.3, 0.4) is 0 Å². The van der Waals surface area contributed by atoms with Crippen molar-refractivity contribution in [1.82, 2.24) is 9.97 Å². The molecule has 1 unspecified atom stereocenters. The molecule has 1 aliphatic heterocycles. The molecule has 0 saturated carbocycles. The zero-order chi connectivity index (χ0) is 18.0. The maximum atomic E-state index is 12.7. The fourth-order valence-corrected chi connectivity index (χ4v) is 3.52.